The number of rotatable bonds is 5. The molecule has 2 atom stereocenters. The minimum Gasteiger partial charge on any atom is -0.378 e. The third-order valence-electron chi connectivity index (χ3n) is 4.43. The Balaban J connectivity index is 1.59. The number of nitrogens with one attached hydrogen (secondary N) is 1. The van der Waals surface area contributed by atoms with Crippen LogP contribution in [0, 0.1) is 11.8 Å². The molecule has 100 valence electrons. The van der Waals surface area contributed by atoms with Gasteiger partial charge in [-0.3, -0.25) is 0 Å². The van der Waals surface area contributed by atoms with Gasteiger partial charge in [0.15, 0.2) is 0 Å². The molecule has 0 bridgehead atoms. The van der Waals surface area contributed by atoms with Crippen LogP contribution in [0.2, 0.25) is 0 Å². The van der Waals surface area contributed by atoms with Crippen LogP contribution in [0.3, 0.4) is 0 Å². The molecule has 2 unspecified atom stereocenters. The molecule has 2 aliphatic rings. The summed E-state index contributed by atoms with van der Waals surface area (Å²) in [5, 5.41) is 3.68. The molecule has 2 saturated heterocycles. The predicted octanol–water partition coefficient (Wildman–Crippen LogP) is 1.73. The normalized spacial score (nSPS) is 32.1. The van der Waals surface area contributed by atoms with Crippen molar-refractivity contribution in [2.45, 2.75) is 38.7 Å². The zero-order valence-electron chi connectivity index (χ0n) is 11.5. The Labute approximate surface area is 106 Å². The summed E-state index contributed by atoms with van der Waals surface area (Å²) in [7, 11) is 2.23. The highest BCUT2D eigenvalue weighted by Crippen LogP contribution is 2.22. The number of hydrogen-bond donors (Lipinski definition) is 1. The van der Waals surface area contributed by atoms with Crippen LogP contribution < -0.4 is 5.32 Å². The number of ether oxygens (including phenoxy) is 1. The largest absolute Gasteiger partial charge is 0.378 e. The van der Waals surface area contributed by atoms with Gasteiger partial charge in [0.25, 0.3) is 0 Å². The van der Waals surface area contributed by atoms with Crippen molar-refractivity contribution in [3.8, 4) is 0 Å². The average molecular weight is 240 g/mol. The first-order chi connectivity index (χ1) is 8.29. The molecule has 3 heteroatoms. The second-order valence-electron chi connectivity index (χ2n) is 5.77. The van der Waals surface area contributed by atoms with E-state index in [9.17, 15) is 0 Å². The molecule has 2 rings (SSSR count). The van der Waals surface area contributed by atoms with Crippen molar-refractivity contribution in [1.82, 2.24) is 10.2 Å². The van der Waals surface area contributed by atoms with Crippen LogP contribution in [0.25, 0.3) is 0 Å². The Morgan fingerprint density at radius 2 is 1.94 bits per heavy atom. The first-order valence-electron chi connectivity index (χ1n) is 7.30. The predicted molar refractivity (Wildman–Crippen MR) is 71.2 cm³/mol. The van der Waals surface area contributed by atoms with Gasteiger partial charge in [0.1, 0.15) is 0 Å². The molecule has 0 aromatic carbocycles. The summed E-state index contributed by atoms with van der Waals surface area (Å²) in [6, 6.07) is 0. The Bertz CT molecular complexity index is 214. The van der Waals surface area contributed by atoms with Gasteiger partial charge < -0.3 is 15.0 Å². The van der Waals surface area contributed by atoms with Crippen molar-refractivity contribution < 1.29 is 4.74 Å². The molecule has 17 heavy (non-hydrogen) atoms. The fourth-order valence-electron chi connectivity index (χ4n) is 3.12. The lowest BCUT2D eigenvalue weighted by Gasteiger charge is -2.29. The maximum absolute atomic E-state index is 5.72. The molecule has 0 spiro atoms. The van der Waals surface area contributed by atoms with Gasteiger partial charge in [0.2, 0.25) is 0 Å². The molecule has 0 aliphatic carbocycles. The average Bonchev–Trinajstić information content (AvgIpc) is 2.79. The van der Waals surface area contributed by atoms with E-state index in [1.54, 1.807) is 0 Å². The molecule has 0 aromatic rings. The minimum atomic E-state index is 0.514. The fraction of sp³-hybridized carbons (Fsp3) is 1.00. The number of hydrogen-bond acceptors (Lipinski definition) is 3. The third kappa shape index (κ3) is 3.94. The van der Waals surface area contributed by atoms with Crippen LogP contribution in [0.1, 0.15) is 32.6 Å². The highest BCUT2D eigenvalue weighted by atomic mass is 16.5. The number of likely N-dealkylation sites (tertiary alicyclic amines) is 1. The van der Waals surface area contributed by atoms with E-state index >= 15 is 0 Å². The second-order valence-corrected chi connectivity index (χ2v) is 5.77. The van der Waals surface area contributed by atoms with E-state index in [0.29, 0.717) is 6.10 Å². The lowest BCUT2D eigenvalue weighted by atomic mass is 9.96. The molecule has 1 N–H and O–H groups in total. The van der Waals surface area contributed by atoms with E-state index in [-0.39, 0.29) is 0 Å². The SMILES string of the molecule is CCC1OCCC1CNCC1CCN(C)CC1. The number of nitrogens with zero attached hydrogens (tertiary/aromatic N) is 1. The molecular formula is C14H28N2O. The van der Waals surface area contributed by atoms with Gasteiger partial charge in [-0.05, 0) is 64.2 Å². The highest BCUT2D eigenvalue weighted by molar-refractivity contribution is 4.78. The maximum Gasteiger partial charge on any atom is 0.0613 e. The van der Waals surface area contributed by atoms with Crippen LogP contribution in [0.4, 0.5) is 0 Å². The Hall–Kier alpha value is -0.120. The molecule has 2 fully saturated rings. The summed E-state index contributed by atoms with van der Waals surface area (Å²) in [5.74, 6) is 1.65. The summed E-state index contributed by atoms with van der Waals surface area (Å²) in [6.07, 6.45) is 5.66. The third-order valence-corrected chi connectivity index (χ3v) is 4.43. The molecule has 3 nitrogen and oxygen atoms in total. The van der Waals surface area contributed by atoms with Gasteiger partial charge in [-0.15, -0.1) is 0 Å². The Kier molecular flexibility index (Phi) is 5.26. The Morgan fingerprint density at radius 3 is 2.65 bits per heavy atom. The topological polar surface area (TPSA) is 24.5 Å². The molecule has 2 aliphatic heterocycles. The van der Waals surface area contributed by atoms with Crippen LogP contribution >= 0.6 is 0 Å². The fourth-order valence-corrected chi connectivity index (χ4v) is 3.12. The summed E-state index contributed by atoms with van der Waals surface area (Å²) < 4.78 is 5.72. The summed E-state index contributed by atoms with van der Waals surface area (Å²) in [6.45, 7) is 8.12. The Morgan fingerprint density at radius 1 is 1.18 bits per heavy atom. The molecular weight excluding hydrogens is 212 g/mol. The lowest BCUT2D eigenvalue weighted by Crippen LogP contribution is -2.37. The van der Waals surface area contributed by atoms with Crippen LogP contribution in [-0.4, -0.2) is 50.8 Å². The molecule has 2 heterocycles. The number of piperidine rings is 1. The summed E-state index contributed by atoms with van der Waals surface area (Å²) in [5.41, 5.74) is 0. The smallest absolute Gasteiger partial charge is 0.0613 e. The van der Waals surface area contributed by atoms with E-state index in [1.165, 1.54) is 45.3 Å². The first-order valence-corrected chi connectivity index (χ1v) is 7.30. The first kappa shape index (κ1) is 13.3. The zero-order valence-corrected chi connectivity index (χ0v) is 11.5. The van der Waals surface area contributed by atoms with Gasteiger partial charge in [0, 0.05) is 13.2 Å². The quantitative estimate of drug-likeness (QED) is 0.792. The van der Waals surface area contributed by atoms with E-state index in [2.05, 4.69) is 24.2 Å². The van der Waals surface area contributed by atoms with Gasteiger partial charge in [-0.25, -0.2) is 0 Å². The van der Waals surface area contributed by atoms with Crippen molar-refractivity contribution in [3.05, 3.63) is 0 Å². The van der Waals surface area contributed by atoms with Crippen LogP contribution in [-0.2, 0) is 4.74 Å². The van der Waals surface area contributed by atoms with Crippen molar-refractivity contribution >= 4 is 0 Å². The van der Waals surface area contributed by atoms with Crippen LogP contribution in [0.15, 0.2) is 0 Å². The van der Waals surface area contributed by atoms with Crippen molar-refractivity contribution in [3.63, 3.8) is 0 Å². The summed E-state index contributed by atoms with van der Waals surface area (Å²) in [4.78, 5) is 2.44. The standard InChI is InChI=1S/C14H28N2O/c1-3-14-13(6-9-17-14)11-15-10-12-4-7-16(2)8-5-12/h12-15H,3-11H2,1-2H3. The molecule has 0 saturated carbocycles. The summed E-state index contributed by atoms with van der Waals surface area (Å²) >= 11 is 0. The molecule has 0 amide bonds. The lowest BCUT2D eigenvalue weighted by molar-refractivity contribution is 0.0867. The van der Waals surface area contributed by atoms with Gasteiger partial charge in [0.05, 0.1) is 6.10 Å². The van der Waals surface area contributed by atoms with Gasteiger partial charge in [-0.1, -0.05) is 6.92 Å². The van der Waals surface area contributed by atoms with E-state index in [4.69, 9.17) is 4.74 Å². The maximum atomic E-state index is 5.72. The van der Waals surface area contributed by atoms with Gasteiger partial charge in [-0.2, -0.15) is 0 Å². The zero-order chi connectivity index (χ0) is 12.1. The monoisotopic (exact) mass is 240 g/mol. The molecule has 0 radical (unpaired) electrons. The van der Waals surface area contributed by atoms with Crippen molar-refractivity contribution in [1.29, 1.82) is 0 Å². The minimum absolute atomic E-state index is 0.514. The van der Waals surface area contributed by atoms with Gasteiger partial charge >= 0.3 is 0 Å². The highest BCUT2D eigenvalue weighted by Gasteiger charge is 2.26. The molecule has 0 aromatic heterocycles. The van der Waals surface area contributed by atoms with E-state index in [1.807, 2.05) is 0 Å². The van der Waals surface area contributed by atoms with E-state index in [0.717, 1.165) is 25.0 Å². The van der Waals surface area contributed by atoms with Crippen LogP contribution in [0.5, 0.6) is 0 Å². The van der Waals surface area contributed by atoms with Crippen molar-refractivity contribution in [2.24, 2.45) is 11.8 Å². The second kappa shape index (κ2) is 6.72. The van der Waals surface area contributed by atoms with Crippen molar-refractivity contribution in [2.75, 3.05) is 39.8 Å². The van der Waals surface area contributed by atoms with E-state index < -0.39 is 0 Å².